The van der Waals surface area contributed by atoms with Gasteiger partial charge in [0.15, 0.2) is 0 Å². The molecular formula is C13H16BrNO. The van der Waals surface area contributed by atoms with E-state index in [9.17, 15) is 0 Å². The summed E-state index contributed by atoms with van der Waals surface area (Å²) in [7, 11) is 0. The van der Waals surface area contributed by atoms with Crippen molar-refractivity contribution in [2.45, 2.75) is 18.9 Å². The topological polar surface area (TPSA) is 21.3 Å². The van der Waals surface area contributed by atoms with E-state index in [1.54, 1.807) is 0 Å². The summed E-state index contributed by atoms with van der Waals surface area (Å²) in [6, 6.07) is 8.15. The Morgan fingerprint density at radius 1 is 1.06 bits per heavy atom. The third kappa shape index (κ3) is 2.11. The fourth-order valence-corrected chi connectivity index (χ4v) is 3.18. The maximum absolute atomic E-state index is 6.02. The quantitative estimate of drug-likeness (QED) is 0.900. The average Bonchev–Trinajstić information content (AvgIpc) is 2.81. The summed E-state index contributed by atoms with van der Waals surface area (Å²) in [6.45, 7) is 2.37. The highest BCUT2D eigenvalue weighted by Gasteiger charge is 2.38. The van der Waals surface area contributed by atoms with E-state index in [0.717, 1.165) is 22.1 Å². The molecule has 16 heavy (non-hydrogen) atoms. The van der Waals surface area contributed by atoms with E-state index in [1.165, 1.54) is 25.9 Å². The molecule has 1 aliphatic heterocycles. The molecule has 3 atom stereocenters. The summed E-state index contributed by atoms with van der Waals surface area (Å²) < 4.78 is 7.12. The van der Waals surface area contributed by atoms with Crippen molar-refractivity contribution in [2.24, 2.45) is 11.8 Å². The molecule has 1 N–H and O–H groups in total. The third-order valence-corrected chi connectivity index (χ3v) is 4.26. The fraction of sp³-hybridized carbons (Fsp3) is 0.538. The number of hydrogen-bond acceptors (Lipinski definition) is 2. The molecule has 86 valence electrons. The maximum Gasteiger partial charge on any atom is 0.119 e. The number of halogens is 1. The standard InChI is InChI=1S/C13H16BrNO/c14-11-1-3-12(4-2-11)16-13-5-9-7-15-8-10(9)6-13/h1-4,9-10,13,15H,5-8H2/t9-,10+,13?. The Kier molecular flexibility index (Phi) is 2.90. The zero-order valence-corrected chi connectivity index (χ0v) is 10.7. The lowest BCUT2D eigenvalue weighted by atomic mass is 10.0. The highest BCUT2D eigenvalue weighted by atomic mass is 79.9. The summed E-state index contributed by atoms with van der Waals surface area (Å²) in [5, 5.41) is 3.45. The molecule has 0 spiro atoms. The second kappa shape index (κ2) is 4.38. The summed E-state index contributed by atoms with van der Waals surface area (Å²) in [4.78, 5) is 0. The van der Waals surface area contributed by atoms with Crippen molar-refractivity contribution in [2.75, 3.05) is 13.1 Å². The first-order valence-electron chi connectivity index (χ1n) is 5.94. The molecule has 2 fully saturated rings. The van der Waals surface area contributed by atoms with E-state index in [2.05, 4.69) is 21.2 Å². The summed E-state index contributed by atoms with van der Waals surface area (Å²) in [5.41, 5.74) is 0. The number of hydrogen-bond donors (Lipinski definition) is 1. The van der Waals surface area contributed by atoms with E-state index in [-0.39, 0.29) is 0 Å². The second-order valence-electron chi connectivity index (χ2n) is 4.84. The molecule has 0 aromatic heterocycles. The minimum absolute atomic E-state index is 0.429. The Balaban J connectivity index is 1.62. The smallest absolute Gasteiger partial charge is 0.119 e. The number of benzene rings is 1. The van der Waals surface area contributed by atoms with Gasteiger partial charge in [0.05, 0.1) is 6.10 Å². The van der Waals surface area contributed by atoms with E-state index >= 15 is 0 Å². The largest absolute Gasteiger partial charge is 0.490 e. The molecule has 0 amide bonds. The average molecular weight is 282 g/mol. The van der Waals surface area contributed by atoms with Crippen LogP contribution in [0.3, 0.4) is 0 Å². The van der Waals surface area contributed by atoms with Gasteiger partial charge in [-0.1, -0.05) is 15.9 Å². The molecule has 1 aromatic carbocycles. The SMILES string of the molecule is Brc1ccc(OC2C[C@H]3CNC[C@H]3C2)cc1. The first-order valence-corrected chi connectivity index (χ1v) is 6.73. The van der Waals surface area contributed by atoms with Gasteiger partial charge in [-0.3, -0.25) is 0 Å². The van der Waals surface area contributed by atoms with Crippen molar-refractivity contribution in [3.63, 3.8) is 0 Å². The lowest BCUT2D eigenvalue weighted by Gasteiger charge is -2.14. The van der Waals surface area contributed by atoms with Crippen LogP contribution >= 0.6 is 15.9 Å². The van der Waals surface area contributed by atoms with E-state index < -0.39 is 0 Å². The molecule has 1 unspecified atom stereocenters. The molecule has 1 saturated carbocycles. The predicted octanol–water partition coefficient (Wildman–Crippen LogP) is 2.83. The predicted molar refractivity (Wildman–Crippen MR) is 67.6 cm³/mol. The van der Waals surface area contributed by atoms with Crippen LogP contribution in [0.15, 0.2) is 28.7 Å². The number of nitrogens with one attached hydrogen (secondary N) is 1. The van der Waals surface area contributed by atoms with E-state index in [1.807, 2.05) is 24.3 Å². The van der Waals surface area contributed by atoms with Crippen LogP contribution in [-0.4, -0.2) is 19.2 Å². The van der Waals surface area contributed by atoms with E-state index in [4.69, 9.17) is 4.74 Å². The van der Waals surface area contributed by atoms with E-state index in [0.29, 0.717) is 6.10 Å². The van der Waals surface area contributed by atoms with Gasteiger partial charge >= 0.3 is 0 Å². The van der Waals surface area contributed by atoms with Gasteiger partial charge in [-0.2, -0.15) is 0 Å². The molecule has 1 aromatic rings. The summed E-state index contributed by atoms with van der Waals surface area (Å²) in [6.07, 6.45) is 2.86. The van der Waals surface area contributed by atoms with Crippen LogP contribution in [0.5, 0.6) is 5.75 Å². The van der Waals surface area contributed by atoms with Crippen molar-refractivity contribution >= 4 is 15.9 Å². The minimum Gasteiger partial charge on any atom is -0.490 e. The van der Waals surface area contributed by atoms with Crippen molar-refractivity contribution < 1.29 is 4.74 Å². The molecule has 1 heterocycles. The lowest BCUT2D eigenvalue weighted by Crippen LogP contribution is -2.18. The molecule has 3 heteroatoms. The summed E-state index contributed by atoms with van der Waals surface area (Å²) >= 11 is 3.43. The van der Waals surface area contributed by atoms with Gasteiger partial charge in [-0.25, -0.2) is 0 Å². The van der Waals surface area contributed by atoms with Crippen molar-refractivity contribution in [1.29, 1.82) is 0 Å². The van der Waals surface area contributed by atoms with Gasteiger partial charge in [0.2, 0.25) is 0 Å². The Morgan fingerprint density at radius 3 is 2.31 bits per heavy atom. The molecule has 3 rings (SSSR count). The summed E-state index contributed by atoms with van der Waals surface area (Å²) in [5.74, 6) is 2.70. The highest BCUT2D eigenvalue weighted by Crippen LogP contribution is 2.36. The van der Waals surface area contributed by atoms with Gasteiger partial charge in [0.1, 0.15) is 5.75 Å². The zero-order chi connectivity index (χ0) is 11.0. The van der Waals surface area contributed by atoms with Crippen molar-refractivity contribution in [3.05, 3.63) is 28.7 Å². The van der Waals surface area contributed by atoms with Crippen molar-refractivity contribution in [1.82, 2.24) is 5.32 Å². The molecule has 2 aliphatic rings. The Hall–Kier alpha value is -0.540. The monoisotopic (exact) mass is 281 g/mol. The molecule has 0 radical (unpaired) electrons. The Morgan fingerprint density at radius 2 is 1.69 bits per heavy atom. The highest BCUT2D eigenvalue weighted by molar-refractivity contribution is 9.10. The Labute approximate surface area is 105 Å². The first-order chi connectivity index (χ1) is 7.81. The van der Waals surface area contributed by atoms with Gasteiger partial charge in [-0.15, -0.1) is 0 Å². The van der Waals surface area contributed by atoms with Gasteiger partial charge in [0.25, 0.3) is 0 Å². The second-order valence-corrected chi connectivity index (χ2v) is 5.76. The zero-order valence-electron chi connectivity index (χ0n) is 9.16. The Bertz CT molecular complexity index is 353. The van der Waals surface area contributed by atoms with Crippen LogP contribution < -0.4 is 10.1 Å². The van der Waals surface area contributed by atoms with Crippen LogP contribution in [0.1, 0.15) is 12.8 Å². The first kappa shape index (κ1) is 10.6. The number of ether oxygens (including phenoxy) is 1. The van der Waals surface area contributed by atoms with Gasteiger partial charge in [-0.05, 0) is 62.0 Å². The molecular weight excluding hydrogens is 266 g/mol. The van der Waals surface area contributed by atoms with Crippen LogP contribution in [0.2, 0.25) is 0 Å². The van der Waals surface area contributed by atoms with Gasteiger partial charge in [0, 0.05) is 4.47 Å². The van der Waals surface area contributed by atoms with Gasteiger partial charge < -0.3 is 10.1 Å². The normalized spacial score (nSPS) is 32.7. The number of fused-ring (bicyclic) bond motifs is 1. The minimum atomic E-state index is 0.429. The molecule has 2 nitrogen and oxygen atoms in total. The fourth-order valence-electron chi connectivity index (χ4n) is 2.91. The lowest BCUT2D eigenvalue weighted by molar-refractivity contribution is 0.199. The van der Waals surface area contributed by atoms with Crippen LogP contribution in [0.4, 0.5) is 0 Å². The van der Waals surface area contributed by atoms with Crippen molar-refractivity contribution in [3.8, 4) is 5.75 Å². The number of rotatable bonds is 2. The molecule has 1 aliphatic carbocycles. The van der Waals surface area contributed by atoms with Crippen LogP contribution in [-0.2, 0) is 0 Å². The van der Waals surface area contributed by atoms with Crippen LogP contribution in [0.25, 0.3) is 0 Å². The maximum atomic E-state index is 6.02. The third-order valence-electron chi connectivity index (χ3n) is 3.73. The molecule has 0 bridgehead atoms. The molecule has 1 saturated heterocycles. The van der Waals surface area contributed by atoms with Crippen LogP contribution in [0, 0.1) is 11.8 Å².